The van der Waals surface area contributed by atoms with Crippen LogP contribution in [0.4, 0.5) is 4.39 Å². The molecule has 0 aliphatic carbocycles. The summed E-state index contributed by atoms with van der Waals surface area (Å²) < 4.78 is 18.5. The summed E-state index contributed by atoms with van der Waals surface area (Å²) in [5, 5.41) is 0.587. The van der Waals surface area contributed by atoms with Gasteiger partial charge in [-0.3, -0.25) is 4.79 Å². The lowest BCUT2D eigenvalue weighted by Crippen LogP contribution is -2.31. The molecule has 6 heteroatoms. The lowest BCUT2D eigenvalue weighted by atomic mass is 10.2. The Morgan fingerprint density at radius 3 is 2.90 bits per heavy atom. The van der Waals surface area contributed by atoms with Crippen molar-refractivity contribution in [1.29, 1.82) is 0 Å². The van der Waals surface area contributed by atoms with E-state index in [1.807, 2.05) is 0 Å². The van der Waals surface area contributed by atoms with Crippen molar-refractivity contribution in [3.8, 4) is 5.75 Å². The quantitative estimate of drug-likeness (QED) is 0.797. The van der Waals surface area contributed by atoms with Crippen LogP contribution in [0.1, 0.15) is 10.4 Å². The molecule has 2 rings (SSSR count). The summed E-state index contributed by atoms with van der Waals surface area (Å²) >= 11 is 5.85. The summed E-state index contributed by atoms with van der Waals surface area (Å²) in [6.45, 7) is 0.686. The van der Waals surface area contributed by atoms with Gasteiger partial charge in [0, 0.05) is 29.9 Å². The van der Waals surface area contributed by atoms with E-state index in [-0.39, 0.29) is 11.5 Å². The first-order chi connectivity index (χ1) is 10.1. The number of rotatable bonds is 5. The molecule has 0 bridgehead atoms. The van der Waals surface area contributed by atoms with E-state index in [9.17, 15) is 9.18 Å². The van der Waals surface area contributed by atoms with Crippen molar-refractivity contribution in [1.82, 2.24) is 9.88 Å². The van der Waals surface area contributed by atoms with Gasteiger partial charge in [0.15, 0.2) is 0 Å². The maximum absolute atomic E-state index is 13.0. The number of hydrogen-bond acceptors (Lipinski definition) is 3. The van der Waals surface area contributed by atoms with Gasteiger partial charge in [0.25, 0.3) is 5.91 Å². The summed E-state index contributed by atoms with van der Waals surface area (Å²) in [6.07, 6.45) is 1.26. The molecule has 0 aliphatic heterocycles. The van der Waals surface area contributed by atoms with Crippen molar-refractivity contribution in [2.45, 2.75) is 0 Å². The summed E-state index contributed by atoms with van der Waals surface area (Å²) in [6, 6.07) is 9.60. The average Bonchev–Trinajstić information content (AvgIpc) is 2.46. The summed E-state index contributed by atoms with van der Waals surface area (Å²) in [5.41, 5.74) is 0.257. The van der Waals surface area contributed by atoms with Crippen molar-refractivity contribution >= 4 is 17.5 Å². The highest BCUT2D eigenvalue weighted by Gasteiger charge is 2.12. The maximum Gasteiger partial charge on any atom is 0.253 e. The zero-order valence-corrected chi connectivity index (χ0v) is 12.2. The molecule has 0 unspecified atom stereocenters. The van der Waals surface area contributed by atoms with E-state index in [4.69, 9.17) is 16.3 Å². The predicted molar refractivity (Wildman–Crippen MR) is 78.1 cm³/mol. The van der Waals surface area contributed by atoms with Crippen LogP contribution in [0.25, 0.3) is 0 Å². The molecule has 0 radical (unpaired) electrons. The molecular weight excluding hydrogens is 295 g/mol. The number of halogens is 2. The van der Waals surface area contributed by atoms with Crippen molar-refractivity contribution in [3.63, 3.8) is 0 Å². The first kappa shape index (κ1) is 15.3. The Balaban J connectivity index is 1.87. The Morgan fingerprint density at radius 2 is 2.19 bits per heavy atom. The molecule has 0 fully saturated rings. The second-order valence-electron chi connectivity index (χ2n) is 4.40. The van der Waals surface area contributed by atoms with E-state index in [0.717, 1.165) is 6.07 Å². The van der Waals surface area contributed by atoms with Gasteiger partial charge in [-0.2, -0.15) is 4.39 Å². The number of hydrogen-bond donors (Lipinski definition) is 0. The molecule has 110 valence electrons. The van der Waals surface area contributed by atoms with Gasteiger partial charge in [-0.15, -0.1) is 0 Å². The maximum atomic E-state index is 13.0. The van der Waals surface area contributed by atoms with Crippen LogP contribution in [-0.4, -0.2) is 36.0 Å². The second kappa shape index (κ2) is 7.04. The van der Waals surface area contributed by atoms with E-state index < -0.39 is 5.95 Å². The van der Waals surface area contributed by atoms with Crippen LogP contribution in [-0.2, 0) is 0 Å². The van der Waals surface area contributed by atoms with E-state index in [0.29, 0.717) is 23.9 Å². The molecule has 1 aromatic heterocycles. The van der Waals surface area contributed by atoms with E-state index in [1.165, 1.54) is 17.2 Å². The molecule has 0 N–H and O–H groups in total. The molecule has 0 saturated carbocycles. The summed E-state index contributed by atoms with van der Waals surface area (Å²) in [5.74, 6) is -0.325. The van der Waals surface area contributed by atoms with E-state index in [2.05, 4.69) is 4.98 Å². The molecule has 1 heterocycles. The third-order valence-corrected chi connectivity index (χ3v) is 3.05. The van der Waals surface area contributed by atoms with Crippen LogP contribution < -0.4 is 4.74 Å². The van der Waals surface area contributed by atoms with Crippen LogP contribution in [0.2, 0.25) is 5.02 Å². The van der Waals surface area contributed by atoms with Crippen LogP contribution >= 0.6 is 11.6 Å². The number of amides is 1. The normalized spacial score (nSPS) is 10.2. The molecule has 1 aromatic carbocycles. The predicted octanol–water partition coefficient (Wildman–Crippen LogP) is 3.03. The van der Waals surface area contributed by atoms with Crippen LogP contribution in [0.3, 0.4) is 0 Å². The molecule has 0 saturated heterocycles. The fourth-order valence-corrected chi connectivity index (χ4v) is 1.89. The van der Waals surface area contributed by atoms with Gasteiger partial charge >= 0.3 is 0 Å². The van der Waals surface area contributed by atoms with Crippen LogP contribution in [0.15, 0.2) is 42.6 Å². The number of ether oxygens (including phenoxy) is 1. The van der Waals surface area contributed by atoms with E-state index >= 15 is 0 Å². The van der Waals surface area contributed by atoms with Gasteiger partial charge in [-0.05, 0) is 24.3 Å². The minimum absolute atomic E-state index is 0.257. The molecule has 0 atom stereocenters. The van der Waals surface area contributed by atoms with Crippen molar-refractivity contribution in [3.05, 3.63) is 59.1 Å². The van der Waals surface area contributed by atoms with E-state index in [1.54, 1.807) is 31.3 Å². The molecule has 0 aliphatic rings. The van der Waals surface area contributed by atoms with Gasteiger partial charge in [0.2, 0.25) is 5.95 Å². The Hall–Kier alpha value is -2.14. The highest BCUT2D eigenvalue weighted by Crippen LogP contribution is 2.17. The van der Waals surface area contributed by atoms with Crippen molar-refractivity contribution < 1.29 is 13.9 Å². The number of carbonyl (C=O) groups excluding carboxylic acids is 1. The fraction of sp³-hybridized carbons (Fsp3) is 0.200. The molecule has 2 aromatic rings. The molecule has 21 heavy (non-hydrogen) atoms. The third-order valence-electron chi connectivity index (χ3n) is 2.81. The van der Waals surface area contributed by atoms with Crippen molar-refractivity contribution in [2.75, 3.05) is 20.2 Å². The Morgan fingerprint density at radius 1 is 1.38 bits per heavy atom. The highest BCUT2D eigenvalue weighted by atomic mass is 35.5. The van der Waals surface area contributed by atoms with Gasteiger partial charge in [-0.1, -0.05) is 17.7 Å². The monoisotopic (exact) mass is 308 g/mol. The molecule has 1 amide bonds. The average molecular weight is 309 g/mol. The molecular formula is C15H14ClFN2O2. The Kier molecular flexibility index (Phi) is 5.11. The van der Waals surface area contributed by atoms with Crippen molar-refractivity contribution in [2.24, 2.45) is 0 Å². The SMILES string of the molecule is CN(CCOc1cccc(Cl)c1)C(=O)c1ccnc(F)c1. The molecule has 4 nitrogen and oxygen atoms in total. The van der Waals surface area contributed by atoms with Gasteiger partial charge < -0.3 is 9.64 Å². The second-order valence-corrected chi connectivity index (χ2v) is 4.84. The summed E-state index contributed by atoms with van der Waals surface area (Å²) in [7, 11) is 1.63. The molecule has 0 spiro atoms. The van der Waals surface area contributed by atoms with Gasteiger partial charge in [-0.25, -0.2) is 4.98 Å². The van der Waals surface area contributed by atoms with Crippen LogP contribution in [0.5, 0.6) is 5.75 Å². The third kappa shape index (κ3) is 4.43. The number of aromatic nitrogens is 1. The number of nitrogens with zero attached hydrogens (tertiary/aromatic N) is 2. The topological polar surface area (TPSA) is 42.4 Å². The standard InChI is InChI=1S/C15H14ClFN2O2/c1-19(15(20)11-5-6-18-14(17)9-11)7-8-21-13-4-2-3-12(16)10-13/h2-6,9-10H,7-8H2,1H3. The lowest BCUT2D eigenvalue weighted by Gasteiger charge is -2.17. The smallest absolute Gasteiger partial charge is 0.253 e. The Bertz CT molecular complexity index is 637. The van der Waals surface area contributed by atoms with Gasteiger partial charge in [0.05, 0.1) is 6.54 Å². The number of likely N-dealkylation sites (N-methyl/N-ethyl adjacent to an activating group) is 1. The Labute approximate surface area is 127 Å². The number of carbonyl (C=O) groups is 1. The number of pyridine rings is 1. The first-order valence-corrected chi connectivity index (χ1v) is 6.69. The highest BCUT2D eigenvalue weighted by molar-refractivity contribution is 6.30. The minimum Gasteiger partial charge on any atom is -0.492 e. The lowest BCUT2D eigenvalue weighted by molar-refractivity contribution is 0.0773. The van der Waals surface area contributed by atoms with Crippen LogP contribution in [0, 0.1) is 5.95 Å². The largest absolute Gasteiger partial charge is 0.492 e. The van der Waals surface area contributed by atoms with Gasteiger partial charge in [0.1, 0.15) is 12.4 Å². The minimum atomic E-state index is -0.676. The number of benzene rings is 1. The zero-order valence-electron chi connectivity index (χ0n) is 11.4. The first-order valence-electron chi connectivity index (χ1n) is 6.31. The fourth-order valence-electron chi connectivity index (χ4n) is 1.71. The summed E-state index contributed by atoms with van der Waals surface area (Å²) in [4.78, 5) is 16.9. The zero-order chi connectivity index (χ0) is 15.2.